The zero-order valence-corrected chi connectivity index (χ0v) is 12.4. The molecule has 8 heteroatoms. The predicted octanol–water partition coefficient (Wildman–Crippen LogP) is 1.86. The van der Waals surface area contributed by atoms with Gasteiger partial charge in [-0.3, -0.25) is 10.2 Å². The van der Waals surface area contributed by atoms with Crippen LogP contribution in [-0.2, 0) is 0 Å². The maximum Gasteiger partial charge on any atom is 0.321 e. The number of anilines is 1. The second kappa shape index (κ2) is 6.49. The second-order valence-electron chi connectivity index (χ2n) is 4.46. The Hall–Kier alpha value is -1.93. The Morgan fingerprint density at radius 2 is 2.30 bits per heavy atom. The van der Waals surface area contributed by atoms with Gasteiger partial charge in [-0.15, -0.1) is 10.2 Å². The van der Waals surface area contributed by atoms with E-state index >= 15 is 0 Å². The topological polar surface area (TPSA) is 83.3 Å². The van der Waals surface area contributed by atoms with Crippen LogP contribution >= 0.6 is 11.3 Å². The van der Waals surface area contributed by atoms with E-state index in [-0.39, 0.29) is 12.1 Å². The molecule has 0 fully saturated rings. The first-order valence-electron chi connectivity index (χ1n) is 6.11. The number of aryl methyl sites for hydroxylation is 1. The highest BCUT2D eigenvalue weighted by Crippen LogP contribution is 2.18. The number of nitrogens with one attached hydrogen (secondary N) is 2. The van der Waals surface area contributed by atoms with Crippen molar-refractivity contribution in [2.24, 2.45) is 0 Å². The Balaban J connectivity index is 1.88. The molecule has 0 bridgehead atoms. The van der Waals surface area contributed by atoms with Crippen molar-refractivity contribution < 1.29 is 9.21 Å². The number of hydrogen-bond donors (Lipinski definition) is 2. The van der Waals surface area contributed by atoms with Crippen molar-refractivity contribution >= 4 is 22.5 Å². The molecule has 20 heavy (non-hydrogen) atoms. The molecule has 0 aliphatic heterocycles. The van der Waals surface area contributed by atoms with E-state index in [9.17, 15) is 4.79 Å². The maximum atomic E-state index is 11.8. The molecule has 1 atom stereocenters. The van der Waals surface area contributed by atoms with Gasteiger partial charge in [-0.25, -0.2) is 4.79 Å². The highest BCUT2D eigenvalue weighted by atomic mass is 32.1. The summed E-state index contributed by atoms with van der Waals surface area (Å²) in [5, 5.41) is 14.4. The van der Waals surface area contributed by atoms with Crippen LogP contribution in [0.1, 0.15) is 16.8 Å². The van der Waals surface area contributed by atoms with Gasteiger partial charge in [-0.05, 0) is 33.2 Å². The molecule has 0 radical (unpaired) electrons. The van der Waals surface area contributed by atoms with Gasteiger partial charge in [0.2, 0.25) is 5.13 Å². The van der Waals surface area contributed by atoms with Gasteiger partial charge >= 0.3 is 6.03 Å². The summed E-state index contributed by atoms with van der Waals surface area (Å²) in [5.41, 5.74) is 0. The van der Waals surface area contributed by atoms with Gasteiger partial charge in [0.15, 0.2) is 0 Å². The molecule has 0 aromatic carbocycles. The van der Waals surface area contributed by atoms with Crippen LogP contribution in [0.25, 0.3) is 0 Å². The lowest BCUT2D eigenvalue weighted by molar-refractivity contribution is 0.233. The number of aromatic nitrogens is 2. The van der Waals surface area contributed by atoms with Crippen molar-refractivity contribution in [2.45, 2.75) is 13.0 Å². The van der Waals surface area contributed by atoms with Gasteiger partial charge in [-0.2, -0.15) is 0 Å². The summed E-state index contributed by atoms with van der Waals surface area (Å²) in [6, 6.07) is 3.39. The fourth-order valence-electron chi connectivity index (χ4n) is 1.70. The maximum absolute atomic E-state index is 11.8. The van der Waals surface area contributed by atoms with Crippen LogP contribution in [-0.4, -0.2) is 41.8 Å². The lowest BCUT2D eigenvalue weighted by atomic mass is 10.2. The molecule has 108 valence electrons. The lowest BCUT2D eigenvalue weighted by Gasteiger charge is -2.22. The third kappa shape index (κ3) is 3.78. The minimum atomic E-state index is -0.306. The van der Waals surface area contributed by atoms with Crippen molar-refractivity contribution in [1.82, 2.24) is 20.4 Å². The van der Waals surface area contributed by atoms with Crippen LogP contribution in [0.3, 0.4) is 0 Å². The molecule has 0 aliphatic rings. The number of carbonyl (C=O) groups is 1. The van der Waals surface area contributed by atoms with Gasteiger partial charge in [0, 0.05) is 6.54 Å². The number of hydrogen-bond acceptors (Lipinski definition) is 6. The number of carbonyl (C=O) groups excluding carboxylic acids is 1. The number of furan rings is 1. The standard InChI is InChI=1S/C12H17N5O2S/c1-8-15-16-12(20-8)14-11(18)13-7-9(17(2)3)10-5-4-6-19-10/h4-6,9H,7H2,1-3H3,(H2,13,14,16,18)/t9-/m0/s1. The van der Waals surface area contributed by atoms with Crippen LogP contribution in [0.15, 0.2) is 22.8 Å². The van der Waals surface area contributed by atoms with E-state index in [1.807, 2.05) is 38.1 Å². The second-order valence-corrected chi connectivity index (χ2v) is 5.64. The monoisotopic (exact) mass is 295 g/mol. The fourth-order valence-corrected chi connectivity index (χ4v) is 2.28. The summed E-state index contributed by atoms with van der Waals surface area (Å²) in [5.74, 6) is 0.807. The molecule has 2 N–H and O–H groups in total. The van der Waals surface area contributed by atoms with E-state index in [4.69, 9.17) is 4.42 Å². The molecule has 0 spiro atoms. The molecule has 2 aromatic rings. The highest BCUT2D eigenvalue weighted by Gasteiger charge is 2.18. The Labute approximate surface area is 121 Å². The van der Waals surface area contributed by atoms with E-state index in [2.05, 4.69) is 20.8 Å². The summed E-state index contributed by atoms with van der Waals surface area (Å²) in [4.78, 5) is 13.8. The average Bonchev–Trinajstić information content (AvgIpc) is 3.01. The van der Waals surface area contributed by atoms with Crippen LogP contribution in [0.5, 0.6) is 0 Å². The number of likely N-dealkylation sites (N-methyl/N-ethyl adjacent to an activating group) is 1. The Bertz CT molecular complexity index is 552. The predicted molar refractivity (Wildman–Crippen MR) is 76.8 cm³/mol. The van der Waals surface area contributed by atoms with Gasteiger partial charge in [-0.1, -0.05) is 11.3 Å². The fraction of sp³-hybridized carbons (Fsp3) is 0.417. The molecule has 2 rings (SSSR count). The van der Waals surface area contributed by atoms with Gasteiger partial charge in [0.1, 0.15) is 10.8 Å². The zero-order valence-electron chi connectivity index (χ0n) is 11.6. The largest absolute Gasteiger partial charge is 0.468 e. The number of nitrogens with zero attached hydrogens (tertiary/aromatic N) is 3. The third-order valence-corrected chi connectivity index (χ3v) is 3.45. The molecular formula is C12H17N5O2S. The summed E-state index contributed by atoms with van der Waals surface area (Å²) in [6.07, 6.45) is 1.62. The summed E-state index contributed by atoms with van der Waals surface area (Å²) < 4.78 is 5.38. The third-order valence-electron chi connectivity index (χ3n) is 2.70. The highest BCUT2D eigenvalue weighted by molar-refractivity contribution is 7.15. The van der Waals surface area contributed by atoms with Crippen molar-refractivity contribution in [1.29, 1.82) is 0 Å². The first kappa shape index (κ1) is 14.5. The molecular weight excluding hydrogens is 278 g/mol. The molecule has 0 saturated heterocycles. The van der Waals surface area contributed by atoms with E-state index in [1.54, 1.807) is 6.26 Å². The minimum absolute atomic E-state index is 0.0214. The van der Waals surface area contributed by atoms with E-state index in [0.717, 1.165) is 10.8 Å². The molecule has 0 aliphatic carbocycles. The summed E-state index contributed by atoms with van der Waals surface area (Å²) >= 11 is 1.33. The van der Waals surface area contributed by atoms with Gasteiger partial charge < -0.3 is 9.73 Å². The van der Waals surface area contributed by atoms with Crippen molar-refractivity contribution in [2.75, 3.05) is 26.0 Å². The first-order chi connectivity index (χ1) is 9.56. The molecule has 0 unspecified atom stereocenters. The van der Waals surface area contributed by atoms with E-state index in [1.165, 1.54) is 11.3 Å². The average molecular weight is 295 g/mol. The van der Waals surface area contributed by atoms with Crippen molar-refractivity contribution in [3.8, 4) is 0 Å². The van der Waals surface area contributed by atoms with E-state index < -0.39 is 0 Å². The lowest BCUT2D eigenvalue weighted by Crippen LogP contribution is -2.36. The normalized spacial score (nSPS) is 12.4. The molecule has 0 saturated carbocycles. The molecule has 2 amide bonds. The van der Waals surface area contributed by atoms with Crippen LogP contribution in [0.4, 0.5) is 9.93 Å². The summed E-state index contributed by atoms with van der Waals surface area (Å²) in [7, 11) is 3.86. The zero-order chi connectivity index (χ0) is 14.5. The van der Waals surface area contributed by atoms with Gasteiger partial charge in [0.25, 0.3) is 0 Å². The van der Waals surface area contributed by atoms with E-state index in [0.29, 0.717) is 11.7 Å². The Kier molecular flexibility index (Phi) is 4.70. The quantitative estimate of drug-likeness (QED) is 0.879. The number of amides is 2. The smallest absolute Gasteiger partial charge is 0.321 e. The van der Waals surface area contributed by atoms with Crippen molar-refractivity contribution in [3.05, 3.63) is 29.2 Å². The Morgan fingerprint density at radius 3 is 2.85 bits per heavy atom. The molecule has 7 nitrogen and oxygen atoms in total. The van der Waals surface area contributed by atoms with Crippen molar-refractivity contribution in [3.63, 3.8) is 0 Å². The minimum Gasteiger partial charge on any atom is -0.468 e. The SMILES string of the molecule is Cc1nnc(NC(=O)NC[C@@H](c2ccco2)N(C)C)s1. The molecule has 2 heterocycles. The Morgan fingerprint density at radius 1 is 1.50 bits per heavy atom. The van der Waals surface area contributed by atoms with Gasteiger partial charge in [0.05, 0.1) is 12.3 Å². The van der Waals surface area contributed by atoms with Crippen LogP contribution < -0.4 is 10.6 Å². The molecule has 2 aromatic heterocycles. The van der Waals surface area contributed by atoms with Crippen LogP contribution in [0.2, 0.25) is 0 Å². The first-order valence-corrected chi connectivity index (χ1v) is 6.92. The van der Waals surface area contributed by atoms with Crippen LogP contribution in [0, 0.1) is 6.92 Å². The number of urea groups is 1. The summed E-state index contributed by atoms with van der Waals surface area (Å²) in [6.45, 7) is 2.27. The number of rotatable bonds is 5.